The quantitative estimate of drug-likeness (QED) is 0.312. The molecule has 0 spiro atoms. The van der Waals surface area contributed by atoms with Crippen LogP contribution in [0.25, 0.3) is 0 Å². The van der Waals surface area contributed by atoms with Crippen LogP contribution >= 0.6 is 0 Å². The first-order valence-electron chi connectivity index (χ1n) is 8.96. The molecule has 0 bridgehead atoms. The van der Waals surface area contributed by atoms with Crippen LogP contribution in [0.5, 0.6) is 0 Å². The maximum atomic E-state index is 12.2. The molecule has 0 aliphatic carbocycles. The van der Waals surface area contributed by atoms with Gasteiger partial charge in [0.1, 0.15) is 0 Å². The van der Waals surface area contributed by atoms with Crippen LogP contribution in [0.1, 0.15) is 24.5 Å². The Hall–Kier alpha value is -3.48. The average molecular weight is 380 g/mol. The summed E-state index contributed by atoms with van der Waals surface area (Å²) in [5.41, 5.74) is 2.94. The third kappa shape index (κ3) is 5.77. The number of carbonyl (C=O) groups excluding carboxylic acids is 2. The summed E-state index contributed by atoms with van der Waals surface area (Å²) in [6, 6.07) is 14.0. The fraction of sp³-hybridized carbons (Fsp3) is 0.238. The van der Waals surface area contributed by atoms with E-state index in [4.69, 9.17) is 10.6 Å². The zero-order valence-corrected chi connectivity index (χ0v) is 15.9. The van der Waals surface area contributed by atoms with E-state index in [0.29, 0.717) is 12.1 Å². The van der Waals surface area contributed by atoms with E-state index < -0.39 is 5.92 Å². The van der Waals surface area contributed by atoms with Crippen molar-refractivity contribution in [2.75, 3.05) is 10.6 Å². The highest BCUT2D eigenvalue weighted by Gasteiger charge is 2.18. The Kier molecular flexibility index (Phi) is 7.45. The molecule has 2 aromatic rings. The highest BCUT2D eigenvalue weighted by molar-refractivity contribution is 6.42. The lowest BCUT2D eigenvalue weighted by Gasteiger charge is -2.11. The van der Waals surface area contributed by atoms with Crippen LogP contribution in [-0.4, -0.2) is 28.9 Å². The number of carbonyl (C=O) groups is 2. The Morgan fingerprint density at radius 2 is 1.82 bits per heavy atom. The fourth-order valence-electron chi connectivity index (χ4n) is 2.66. The van der Waals surface area contributed by atoms with Gasteiger partial charge in [-0.2, -0.15) is 0 Å². The van der Waals surface area contributed by atoms with Gasteiger partial charge in [0, 0.05) is 23.7 Å². The molecule has 0 saturated heterocycles. The van der Waals surface area contributed by atoms with E-state index in [1.807, 2.05) is 38.1 Å². The Balaban J connectivity index is 1.94. The summed E-state index contributed by atoms with van der Waals surface area (Å²) in [7, 11) is 0. The molecule has 2 rings (SSSR count). The first-order valence-corrected chi connectivity index (χ1v) is 8.96. The number of para-hydroxylation sites is 1. The van der Waals surface area contributed by atoms with Gasteiger partial charge in [-0.15, -0.1) is 5.16 Å². The van der Waals surface area contributed by atoms with Gasteiger partial charge in [0.15, 0.2) is 5.78 Å². The van der Waals surface area contributed by atoms with Crippen molar-refractivity contribution in [3.05, 3.63) is 59.7 Å². The maximum Gasteiger partial charge on any atom is 0.323 e. The minimum atomic E-state index is -0.497. The van der Waals surface area contributed by atoms with E-state index >= 15 is 0 Å². The van der Waals surface area contributed by atoms with Crippen molar-refractivity contribution in [2.24, 2.45) is 11.1 Å². The van der Waals surface area contributed by atoms with Gasteiger partial charge in [0.25, 0.3) is 0 Å². The van der Waals surface area contributed by atoms with Crippen LogP contribution in [0.2, 0.25) is 0 Å². The fourth-order valence-corrected chi connectivity index (χ4v) is 2.66. The smallest absolute Gasteiger partial charge is 0.323 e. The summed E-state index contributed by atoms with van der Waals surface area (Å²) in [6.45, 7) is 3.73. The summed E-state index contributed by atoms with van der Waals surface area (Å²) in [5.74, 6) is -0.826. The summed E-state index contributed by atoms with van der Waals surface area (Å²) in [5, 5.41) is 25.0. The standard InChI is InChI=1S/C21H24N4O3/c1-3-16(13-23-28)20(22)19(26)12-15-8-10-17(11-9-15)24-21(27)25-18-7-5-4-6-14(18)2/h4-11,13,16,22,28H,3,12H2,1-2H3,(H2,24,25,27). The van der Waals surface area contributed by atoms with Crippen molar-refractivity contribution < 1.29 is 14.8 Å². The minimum Gasteiger partial charge on any atom is -0.411 e. The third-order valence-corrected chi connectivity index (χ3v) is 4.33. The second kappa shape index (κ2) is 10.0. The number of nitrogens with one attached hydrogen (secondary N) is 3. The number of ketones is 1. The van der Waals surface area contributed by atoms with Crippen molar-refractivity contribution in [1.82, 2.24) is 0 Å². The number of amides is 2. The SMILES string of the molecule is CCC(C=NO)C(=N)C(=O)Cc1ccc(NC(=O)Nc2ccccc2C)cc1. The molecule has 4 N–H and O–H groups in total. The predicted molar refractivity (Wildman–Crippen MR) is 111 cm³/mol. The molecule has 1 unspecified atom stereocenters. The van der Waals surface area contributed by atoms with Gasteiger partial charge in [0.05, 0.1) is 11.9 Å². The van der Waals surface area contributed by atoms with Gasteiger partial charge in [0.2, 0.25) is 0 Å². The Morgan fingerprint density at radius 3 is 2.43 bits per heavy atom. The zero-order chi connectivity index (χ0) is 20.5. The molecule has 0 radical (unpaired) electrons. The number of rotatable bonds is 8. The lowest BCUT2D eigenvalue weighted by atomic mass is 9.95. The summed E-state index contributed by atoms with van der Waals surface area (Å²) >= 11 is 0. The highest BCUT2D eigenvalue weighted by Crippen LogP contribution is 2.15. The molecule has 0 aliphatic heterocycles. The molecule has 146 valence electrons. The van der Waals surface area contributed by atoms with Crippen LogP contribution in [0, 0.1) is 18.3 Å². The van der Waals surface area contributed by atoms with Gasteiger partial charge in [-0.25, -0.2) is 4.79 Å². The van der Waals surface area contributed by atoms with Crippen molar-refractivity contribution in [2.45, 2.75) is 26.7 Å². The van der Waals surface area contributed by atoms with Crippen molar-refractivity contribution in [3.63, 3.8) is 0 Å². The van der Waals surface area contributed by atoms with Gasteiger partial charge in [-0.05, 0) is 42.7 Å². The first-order chi connectivity index (χ1) is 13.4. The topological polar surface area (TPSA) is 115 Å². The first kappa shape index (κ1) is 20.8. The maximum absolute atomic E-state index is 12.2. The molecule has 0 saturated carbocycles. The van der Waals surface area contributed by atoms with Gasteiger partial charge in [-0.1, -0.05) is 37.3 Å². The van der Waals surface area contributed by atoms with Crippen LogP contribution in [0.4, 0.5) is 16.2 Å². The van der Waals surface area contributed by atoms with Crippen molar-refractivity contribution >= 4 is 35.1 Å². The number of hydrogen-bond acceptors (Lipinski definition) is 5. The lowest BCUT2D eigenvalue weighted by molar-refractivity contribution is -0.112. The number of oxime groups is 1. The number of nitrogens with zero attached hydrogens (tertiary/aromatic N) is 1. The second-order valence-corrected chi connectivity index (χ2v) is 6.38. The van der Waals surface area contributed by atoms with Crippen LogP contribution in [0.15, 0.2) is 53.7 Å². The molecule has 1 atom stereocenters. The molecule has 2 amide bonds. The van der Waals surface area contributed by atoms with Gasteiger partial charge >= 0.3 is 6.03 Å². The second-order valence-electron chi connectivity index (χ2n) is 6.38. The molecule has 0 aliphatic rings. The number of hydrogen-bond donors (Lipinski definition) is 4. The largest absolute Gasteiger partial charge is 0.411 e. The molecule has 7 nitrogen and oxygen atoms in total. The van der Waals surface area contributed by atoms with Crippen LogP contribution in [-0.2, 0) is 11.2 Å². The number of aryl methyl sites for hydroxylation is 1. The number of benzene rings is 2. The van der Waals surface area contributed by atoms with E-state index in [9.17, 15) is 9.59 Å². The average Bonchev–Trinajstić information content (AvgIpc) is 2.68. The highest BCUT2D eigenvalue weighted by atomic mass is 16.4. The summed E-state index contributed by atoms with van der Waals surface area (Å²) in [6.07, 6.45) is 1.78. The Labute approximate surface area is 164 Å². The van der Waals surface area contributed by atoms with Gasteiger partial charge < -0.3 is 21.3 Å². The zero-order valence-electron chi connectivity index (χ0n) is 15.9. The predicted octanol–water partition coefficient (Wildman–Crippen LogP) is 4.26. The summed E-state index contributed by atoms with van der Waals surface area (Å²) in [4.78, 5) is 24.4. The van der Waals surface area contributed by atoms with Crippen molar-refractivity contribution in [1.29, 1.82) is 5.41 Å². The normalized spacial score (nSPS) is 11.8. The third-order valence-electron chi connectivity index (χ3n) is 4.33. The van der Waals surface area contributed by atoms with Gasteiger partial charge in [-0.3, -0.25) is 4.79 Å². The molecule has 28 heavy (non-hydrogen) atoms. The van der Waals surface area contributed by atoms with Crippen molar-refractivity contribution in [3.8, 4) is 0 Å². The van der Waals surface area contributed by atoms with E-state index in [1.54, 1.807) is 24.3 Å². The Morgan fingerprint density at radius 1 is 1.14 bits per heavy atom. The lowest BCUT2D eigenvalue weighted by Crippen LogP contribution is -2.25. The number of anilines is 2. The molecular formula is C21H24N4O3. The summed E-state index contributed by atoms with van der Waals surface area (Å²) < 4.78 is 0. The molecular weight excluding hydrogens is 356 g/mol. The number of Topliss-reactive ketones (excluding diaryl/α,β-unsaturated/α-hetero) is 1. The monoisotopic (exact) mass is 380 g/mol. The molecule has 0 fully saturated rings. The van der Waals surface area contributed by atoms with E-state index in [2.05, 4.69) is 15.8 Å². The van der Waals surface area contributed by atoms with E-state index in [1.165, 1.54) is 6.21 Å². The van der Waals surface area contributed by atoms with Crippen LogP contribution in [0.3, 0.4) is 0 Å². The minimum absolute atomic E-state index is 0.0737. The molecule has 0 aromatic heterocycles. The van der Waals surface area contributed by atoms with E-state index in [0.717, 1.165) is 16.8 Å². The molecule has 7 heteroatoms. The number of urea groups is 1. The molecule has 0 heterocycles. The Bertz CT molecular complexity index is 875. The van der Waals surface area contributed by atoms with E-state index in [-0.39, 0.29) is 23.9 Å². The van der Waals surface area contributed by atoms with Crippen LogP contribution < -0.4 is 10.6 Å². The molecule has 2 aromatic carbocycles.